The Bertz CT molecular complexity index is 618. The molecule has 1 aromatic carbocycles. The van der Waals surface area contributed by atoms with E-state index in [2.05, 4.69) is 41.5 Å². The number of amides is 1. The molecule has 0 radical (unpaired) electrons. The van der Waals surface area contributed by atoms with Crippen LogP contribution in [0.25, 0.3) is 0 Å². The lowest BCUT2D eigenvalue weighted by Crippen LogP contribution is -2.58. The van der Waals surface area contributed by atoms with E-state index in [0.29, 0.717) is 11.8 Å². The number of hydrogen-bond acceptors (Lipinski definition) is 2. The summed E-state index contributed by atoms with van der Waals surface area (Å²) in [5.41, 5.74) is 1.05. The smallest absolute Gasteiger partial charge is 0.226 e. The van der Waals surface area contributed by atoms with E-state index in [1.807, 2.05) is 6.07 Å². The first kappa shape index (κ1) is 17.2. The Labute approximate surface area is 156 Å². The first-order valence-electron chi connectivity index (χ1n) is 9.72. The van der Waals surface area contributed by atoms with E-state index < -0.39 is 0 Å². The maximum Gasteiger partial charge on any atom is 0.226 e. The first-order chi connectivity index (χ1) is 12.0. The Hall–Kier alpha value is -1.22. The van der Waals surface area contributed by atoms with Gasteiger partial charge in [0.05, 0.1) is 5.41 Å². The van der Waals surface area contributed by atoms with Gasteiger partial charge < -0.3 is 10.2 Å². The maximum absolute atomic E-state index is 13.0. The van der Waals surface area contributed by atoms with E-state index >= 15 is 0 Å². The Kier molecular flexibility index (Phi) is 4.47. The zero-order chi connectivity index (χ0) is 17.5. The van der Waals surface area contributed by atoms with E-state index in [0.717, 1.165) is 51.6 Å². The number of rotatable bonds is 6. The van der Waals surface area contributed by atoms with Crippen molar-refractivity contribution in [3.8, 4) is 0 Å². The summed E-state index contributed by atoms with van der Waals surface area (Å²) in [4.78, 5) is 15.1. The second-order valence-corrected chi connectivity index (χ2v) is 9.56. The highest BCUT2D eigenvalue weighted by molar-refractivity contribution is 6.24. The molecular weight excluding hydrogens is 332 g/mol. The fourth-order valence-corrected chi connectivity index (χ4v) is 6.63. The van der Waals surface area contributed by atoms with Crippen LogP contribution in [-0.4, -0.2) is 30.9 Å². The predicted molar refractivity (Wildman–Crippen MR) is 103 cm³/mol. The van der Waals surface area contributed by atoms with Crippen LogP contribution in [-0.2, 0) is 4.79 Å². The zero-order valence-electron chi connectivity index (χ0n) is 15.1. The van der Waals surface area contributed by atoms with E-state index in [9.17, 15) is 4.79 Å². The molecule has 0 aliphatic heterocycles. The minimum atomic E-state index is -0.169. The topological polar surface area (TPSA) is 32.3 Å². The Morgan fingerprint density at radius 2 is 1.88 bits per heavy atom. The largest absolute Gasteiger partial charge is 0.375 e. The van der Waals surface area contributed by atoms with Crippen molar-refractivity contribution in [2.24, 2.45) is 17.3 Å². The molecule has 25 heavy (non-hydrogen) atoms. The zero-order valence-corrected chi connectivity index (χ0v) is 15.9. The lowest BCUT2D eigenvalue weighted by atomic mass is 9.49. The molecule has 5 rings (SSSR count). The third kappa shape index (κ3) is 3.40. The molecule has 2 unspecified atom stereocenters. The molecule has 0 aromatic heterocycles. The molecule has 3 nitrogen and oxygen atoms in total. The lowest BCUT2D eigenvalue weighted by molar-refractivity contribution is -0.144. The Morgan fingerprint density at radius 3 is 2.52 bits per heavy atom. The van der Waals surface area contributed by atoms with Crippen LogP contribution in [0.5, 0.6) is 0 Å². The van der Waals surface area contributed by atoms with Crippen molar-refractivity contribution in [3.63, 3.8) is 0 Å². The number of nitrogens with zero attached hydrogens (tertiary/aromatic N) is 1. The normalized spacial score (nSPS) is 35.6. The number of carbonyl (C=O) groups excluding carboxylic acids is 1. The SMILES string of the molecule is CN(CCCNC(=O)C12CC3CC(CC(Cl)(C3)C1)C2)c1ccccc1. The van der Waals surface area contributed by atoms with Gasteiger partial charge in [0.15, 0.2) is 0 Å². The molecule has 4 bridgehead atoms. The average molecular weight is 361 g/mol. The second-order valence-electron chi connectivity index (χ2n) is 8.76. The fourth-order valence-electron chi connectivity index (χ4n) is 5.93. The van der Waals surface area contributed by atoms with Crippen LogP contribution in [0.1, 0.15) is 44.9 Å². The molecule has 4 heteroatoms. The van der Waals surface area contributed by atoms with Crippen LogP contribution in [0.3, 0.4) is 0 Å². The van der Waals surface area contributed by atoms with Gasteiger partial charge >= 0.3 is 0 Å². The van der Waals surface area contributed by atoms with E-state index in [1.54, 1.807) is 0 Å². The molecule has 4 saturated carbocycles. The molecule has 1 N–H and O–H groups in total. The van der Waals surface area contributed by atoms with Crippen molar-refractivity contribution >= 4 is 23.2 Å². The van der Waals surface area contributed by atoms with Crippen molar-refractivity contribution < 1.29 is 4.79 Å². The number of anilines is 1. The van der Waals surface area contributed by atoms with E-state index in [4.69, 9.17) is 11.6 Å². The predicted octanol–water partition coefficient (Wildman–Crippen LogP) is 4.21. The second kappa shape index (κ2) is 6.50. The van der Waals surface area contributed by atoms with Crippen molar-refractivity contribution in [1.29, 1.82) is 0 Å². The van der Waals surface area contributed by atoms with E-state index in [1.165, 1.54) is 12.1 Å². The monoisotopic (exact) mass is 360 g/mol. The van der Waals surface area contributed by atoms with Gasteiger partial charge in [0, 0.05) is 30.7 Å². The van der Waals surface area contributed by atoms with Gasteiger partial charge in [-0.1, -0.05) is 18.2 Å². The number of carbonyl (C=O) groups is 1. The number of para-hydroxylation sites is 1. The van der Waals surface area contributed by atoms with Crippen LogP contribution in [0.2, 0.25) is 0 Å². The minimum Gasteiger partial charge on any atom is -0.375 e. The summed E-state index contributed by atoms with van der Waals surface area (Å²) in [5.74, 6) is 1.62. The first-order valence-corrected chi connectivity index (χ1v) is 10.1. The van der Waals surface area contributed by atoms with Crippen molar-refractivity contribution in [1.82, 2.24) is 5.32 Å². The molecule has 1 amide bonds. The molecular formula is C21H29ClN2O. The molecule has 4 aliphatic rings. The maximum atomic E-state index is 13.0. The van der Waals surface area contributed by atoms with Gasteiger partial charge in [0.25, 0.3) is 0 Å². The highest BCUT2D eigenvalue weighted by Crippen LogP contribution is 2.63. The summed E-state index contributed by atoms with van der Waals surface area (Å²) in [6, 6.07) is 10.4. The summed E-state index contributed by atoms with van der Waals surface area (Å²) in [5, 5.41) is 3.24. The highest BCUT2D eigenvalue weighted by Gasteiger charge is 2.59. The Balaban J connectivity index is 1.28. The standard InChI is InChI=1S/C21H29ClN2O/c1-24(18-6-3-2-4-7-18)9-5-8-23-19(25)20-11-16-10-17(12-20)14-21(22,13-16)15-20/h2-4,6-7,16-17H,5,8-15H2,1H3,(H,23,25). The van der Waals surface area contributed by atoms with Gasteiger partial charge in [-0.25, -0.2) is 0 Å². The summed E-state index contributed by atoms with van der Waals surface area (Å²) in [6.07, 6.45) is 7.53. The lowest BCUT2D eigenvalue weighted by Gasteiger charge is -2.59. The number of alkyl halides is 1. The van der Waals surface area contributed by atoms with Crippen molar-refractivity contribution in [2.45, 2.75) is 49.8 Å². The average Bonchev–Trinajstić information content (AvgIpc) is 2.57. The quantitative estimate of drug-likeness (QED) is 0.609. The van der Waals surface area contributed by atoms with Crippen LogP contribution in [0.4, 0.5) is 5.69 Å². The minimum absolute atomic E-state index is 0.0883. The summed E-state index contributed by atoms with van der Waals surface area (Å²) in [7, 11) is 2.10. The molecule has 2 atom stereocenters. The molecule has 0 saturated heterocycles. The van der Waals surface area contributed by atoms with Crippen molar-refractivity contribution in [2.75, 3.05) is 25.0 Å². The van der Waals surface area contributed by atoms with Crippen LogP contribution < -0.4 is 10.2 Å². The third-order valence-corrected chi connectivity index (χ3v) is 7.07. The Morgan fingerprint density at radius 1 is 1.20 bits per heavy atom. The van der Waals surface area contributed by atoms with Gasteiger partial charge in [-0.2, -0.15) is 0 Å². The summed E-state index contributed by atoms with van der Waals surface area (Å²) in [6.45, 7) is 1.70. The molecule has 136 valence electrons. The van der Waals surface area contributed by atoms with Gasteiger partial charge in [-0.05, 0) is 68.9 Å². The van der Waals surface area contributed by atoms with Gasteiger partial charge in [-0.3, -0.25) is 4.79 Å². The number of halogens is 1. The van der Waals surface area contributed by atoms with Crippen LogP contribution in [0.15, 0.2) is 30.3 Å². The van der Waals surface area contributed by atoms with Gasteiger partial charge in [0.1, 0.15) is 0 Å². The number of hydrogen-bond donors (Lipinski definition) is 1. The molecule has 0 spiro atoms. The van der Waals surface area contributed by atoms with E-state index in [-0.39, 0.29) is 16.2 Å². The van der Waals surface area contributed by atoms with Crippen LogP contribution >= 0.6 is 11.6 Å². The fraction of sp³-hybridized carbons (Fsp3) is 0.667. The highest BCUT2D eigenvalue weighted by atomic mass is 35.5. The van der Waals surface area contributed by atoms with Gasteiger partial charge in [-0.15, -0.1) is 11.6 Å². The van der Waals surface area contributed by atoms with Crippen LogP contribution in [0, 0.1) is 17.3 Å². The number of nitrogens with one attached hydrogen (secondary N) is 1. The molecule has 4 fully saturated rings. The molecule has 1 aromatic rings. The van der Waals surface area contributed by atoms with Crippen molar-refractivity contribution in [3.05, 3.63) is 30.3 Å². The third-order valence-electron chi connectivity index (χ3n) is 6.62. The number of benzene rings is 1. The summed E-state index contributed by atoms with van der Waals surface area (Å²) < 4.78 is 0. The van der Waals surface area contributed by atoms with Gasteiger partial charge in [0.2, 0.25) is 5.91 Å². The molecule has 4 aliphatic carbocycles. The summed E-state index contributed by atoms with van der Waals surface area (Å²) >= 11 is 6.85. The molecule has 0 heterocycles.